The molecule has 0 spiro atoms. The Morgan fingerprint density at radius 3 is 3.05 bits per heavy atom. The number of rotatable bonds is 3. The van der Waals surface area contributed by atoms with Crippen molar-refractivity contribution in [2.75, 3.05) is 5.75 Å². The van der Waals surface area contributed by atoms with Crippen molar-refractivity contribution in [3.05, 3.63) is 44.9 Å². The Balaban J connectivity index is 1.80. The largest absolute Gasteiger partial charge is 0.301 e. The van der Waals surface area contributed by atoms with E-state index in [1.165, 1.54) is 15.3 Å². The predicted molar refractivity (Wildman–Crippen MR) is 87.9 cm³/mol. The number of benzene rings is 1. The molecule has 106 valence electrons. The second-order valence-electron chi connectivity index (χ2n) is 5.07. The molecule has 0 bridgehead atoms. The van der Waals surface area contributed by atoms with E-state index < -0.39 is 0 Å². The molecule has 2 nitrogen and oxygen atoms in total. The topological polar surface area (TPSA) is 24.9 Å². The summed E-state index contributed by atoms with van der Waals surface area (Å²) in [4.78, 5) is 7.09. The van der Waals surface area contributed by atoms with Gasteiger partial charge in [-0.25, -0.2) is 4.98 Å². The minimum absolute atomic E-state index is 0.272. The zero-order valence-electron chi connectivity index (χ0n) is 11.5. The number of hydrogen-bond acceptors (Lipinski definition) is 4. The molecule has 1 aromatic heterocycles. The van der Waals surface area contributed by atoms with Gasteiger partial charge < -0.3 is 5.32 Å². The fraction of sp³-hybridized carbons (Fsp3) is 0.400. The van der Waals surface area contributed by atoms with Crippen molar-refractivity contribution < 1.29 is 0 Å². The van der Waals surface area contributed by atoms with Crippen LogP contribution in [-0.4, -0.2) is 10.7 Å². The van der Waals surface area contributed by atoms with E-state index in [9.17, 15) is 0 Å². The molecule has 0 radical (unpaired) electrons. The van der Waals surface area contributed by atoms with Crippen LogP contribution in [0.3, 0.4) is 0 Å². The fourth-order valence-corrected chi connectivity index (χ4v) is 4.56. The second kappa shape index (κ2) is 6.06. The van der Waals surface area contributed by atoms with Gasteiger partial charge >= 0.3 is 0 Å². The fourth-order valence-electron chi connectivity index (χ4n) is 2.48. The molecular formula is C15H17ClN2S2. The van der Waals surface area contributed by atoms with Crippen LogP contribution in [0.4, 0.5) is 0 Å². The van der Waals surface area contributed by atoms with Crippen LogP contribution >= 0.6 is 34.7 Å². The monoisotopic (exact) mass is 324 g/mol. The summed E-state index contributed by atoms with van der Waals surface area (Å²) in [5.74, 6) is 1.15. The SMILES string of the molecule is Cc1cnc(C(C)NC2CCSc3ccc(Cl)cc32)s1. The number of aryl methyl sites for hydroxylation is 1. The van der Waals surface area contributed by atoms with Gasteiger partial charge in [0.15, 0.2) is 0 Å². The molecule has 5 heteroatoms. The molecule has 2 heterocycles. The van der Waals surface area contributed by atoms with Gasteiger partial charge in [-0.3, -0.25) is 0 Å². The first kappa shape index (κ1) is 14.4. The molecule has 3 rings (SSSR count). The van der Waals surface area contributed by atoms with Crippen LogP contribution in [0.2, 0.25) is 5.02 Å². The van der Waals surface area contributed by atoms with Crippen LogP contribution in [0.1, 0.15) is 40.9 Å². The third-order valence-electron chi connectivity index (χ3n) is 3.47. The maximum Gasteiger partial charge on any atom is 0.109 e. The number of halogens is 1. The normalized spacial score (nSPS) is 19.6. The minimum atomic E-state index is 0.272. The third kappa shape index (κ3) is 3.03. The molecule has 0 aliphatic carbocycles. The summed E-state index contributed by atoms with van der Waals surface area (Å²) >= 11 is 9.83. The number of nitrogens with one attached hydrogen (secondary N) is 1. The van der Waals surface area contributed by atoms with E-state index in [0.717, 1.165) is 22.2 Å². The van der Waals surface area contributed by atoms with E-state index in [0.29, 0.717) is 6.04 Å². The lowest BCUT2D eigenvalue weighted by Gasteiger charge is -2.28. The van der Waals surface area contributed by atoms with Gasteiger partial charge in [0.05, 0.1) is 6.04 Å². The summed E-state index contributed by atoms with van der Waals surface area (Å²) in [5.41, 5.74) is 1.33. The highest BCUT2D eigenvalue weighted by Crippen LogP contribution is 2.38. The number of thioether (sulfide) groups is 1. The van der Waals surface area contributed by atoms with Crippen molar-refractivity contribution in [1.29, 1.82) is 0 Å². The molecule has 1 aromatic carbocycles. The lowest BCUT2D eigenvalue weighted by molar-refractivity contribution is 0.449. The maximum absolute atomic E-state index is 6.15. The molecule has 2 unspecified atom stereocenters. The Labute approximate surface area is 133 Å². The molecule has 1 aliphatic heterocycles. The first-order valence-corrected chi connectivity index (χ1v) is 8.92. The minimum Gasteiger partial charge on any atom is -0.301 e. The van der Waals surface area contributed by atoms with Crippen LogP contribution in [0, 0.1) is 6.92 Å². The quantitative estimate of drug-likeness (QED) is 0.860. The molecule has 0 amide bonds. The van der Waals surface area contributed by atoms with Gasteiger partial charge in [0, 0.05) is 27.0 Å². The smallest absolute Gasteiger partial charge is 0.109 e. The van der Waals surface area contributed by atoms with Crippen LogP contribution in [0.5, 0.6) is 0 Å². The lowest BCUT2D eigenvalue weighted by Crippen LogP contribution is -2.27. The molecule has 20 heavy (non-hydrogen) atoms. The van der Waals surface area contributed by atoms with Crippen molar-refractivity contribution >= 4 is 34.7 Å². The highest BCUT2D eigenvalue weighted by atomic mass is 35.5. The van der Waals surface area contributed by atoms with Gasteiger partial charge in [-0.2, -0.15) is 0 Å². The first-order valence-electron chi connectivity index (χ1n) is 6.74. The van der Waals surface area contributed by atoms with E-state index >= 15 is 0 Å². The summed E-state index contributed by atoms with van der Waals surface area (Å²) < 4.78 is 0. The Kier molecular flexibility index (Phi) is 4.36. The summed E-state index contributed by atoms with van der Waals surface area (Å²) in [6.45, 7) is 4.28. The Hall–Kier alpha value is -0.550. The molecule has 2 atom stereocenters. The van der Waals surface area contributed by atoms with E-state index in [2.05, 4.69) is 36.3 Å². The van der Waals surface area contributed by atoms with Gasteiger partial charge in [0.2, 0.25) is 0 Å². The second-order valence-corrected chi connectivity index (χ2v) is 7.91. The molecule has 2 aromatic rings. The number of nitrogens with zero attached hydrogens (tertiary/aromatic N) is 1. The van der Waals surface area contributed by atoms with Crippen LogP contribution in [0.15, 0.2) is 29.3 Å². The van der Waals surface area contributed by atoms with Crippen LogP contribution < -0.4 is 5.32 Å². The number of aromatic nitrogens is 1. The Morgan fingerprint density at radius 2 is 2.30 bits per heavy atom. The summed E-state index contributed by atoms with van der Waals surface area (Å²) in [7, 11) is 0. The average molecular weight is 325 g/mol. The summed E-state index contributed by atoms with van der Waals surface area (Å²) in [6.07, 6.45) is 3.08. The van der Waals surface area contributed by atoms with Crippen LogP contribution in [0.25, 0.3) is 0 Å². The van der Waals surface area contributed by atoms with Gasteiger partial charge in [-0.15, -0.1) is 23.1 Å². The van der Waals surface area contributed by atoms with Crippen molar-refractivity contribution in [1.82, 2.24) is 10.3 Å². The molecule has 0 saturated heterocycles. The zero-order valence-corrected chi connectivity index (χ0v) is 13.9. The van der Waals surface area contributed by atoms with E-state index in [-0.39, 0.29) is 6.04 Å². The Morgan fingerprint density at radius 1 is 1.45 bits per heavy atom. The first-order chi connectivity index (χ1) is 9.63. The highest BCUT2D eigenvalue weighted by Gasteiger charge is 2.23. The van der Waals surface area contributed by atoms with E-state index in [1.807, 2.05) is 24.0 Å². The summed E-state index contributed by atoms with van der Waals surface area (Å²) in [6, 6.07) is 6.84. The number of fused-ring (bicyclic) bond motifs is 1. The number of hydrogen-bond donors (Lipinski definition) is 1. The van der Waals surface area contributed by atoms with Crippen molar-refractivity contribution in [2.24, 2.45) is 0 Å². The third-order valence-corrected chi connectivity index (χ3v) is 5.93. The standard InChI is InChI=1S/C15H17ClN2S2/c1-9-8-17-15(20-9)10(2)18-13-5-6-19-14-4-3-11(16)7-12(13)14/h3-4,7-8,10,13,18H,5-6H2,1-2H3. The van der Waals surface area contributed by atoms with Crippen molar-refractivity contribution in [3.63, 3.8) is 0 Å². The molecule has 1 aliphatic rings. The summed E-state index contributed by atoms with van der Waals surface area (Å²) in [5, 5.41) is 5.68. The predicted octanol–water partition coefficient (Wildman–Crippen LogP) is 4.99. The molecule has 0 saturated carbocycles. The highest BCUT2D eigenvalue weighted by molar-refractivity contribution is 7.99. The van der Waals surface area contributed by atoms with Crippen molar-refractivity contribution in [2.45, 2.75) is 37.2 Å². The van der Waals surface area contributed by atoms with Gasteiger partial charge in [-0.1, -0.05) is 11.6 Å². The maximum atomic E-state index is 6.15. The number of thiazole rings is 1. The lowest BCUT2D eigenvalue weighted by atomic mass is 10.0. The van der Waals surface area contributed by atoms with Crippen molar-refractivity contribution in [3.8, 4) is 0 Å². The van der Waals surface area contributed by atoms with E-state index in [1.54, 1.807) is 11.3 Å². The van der Waals surface area contributed by atoms with Gasteiger partial charge in [0.1, 0.15) is 5.01 Å². The molecule has 1 N–H and O–H groups in total. The molecule has 0 fully saturated rings. The average Bonchev–Trinajstić information content (AvgIpc) is 2.86. The molecular weight excluding hydrogens is 308 g/mol. The zero-order chi connectivity index (χ0) is 14.1. The van der Waals surface area contributed by atoms with Gasteiger partial charge in [-0.05, 0) is 49.8 Å². The Bertz CT molecular complexity index is 612. The van der Waals surface area contributed by atoms with Crippen LogP contribution in [-0.2, 0) is 0 Å². The van der Waals surface area contributed by atoms with E-state index in [4.69, 9.17) is 11.6 Å². The van der Waals surface area contributed by atoms with Gasteiger partial charge in [0.25, 0.3) is 0 Å².